The van der Waals surface area contributed by atoms with Crippen LogP contribution < -0.4 is 4.52 Å². The number of fused-ring (bicyclic) bond motifs is 1. The van der Waals surface area contributed by atoms with Crippen molar-refractivity contribution >= 4 is 17.3 Å². The largest absolute Gasteiger partial charge is 0.264 e. The summed E-state index contributed by atoms with van der Waals surface area (Å²) in [4.78, 5) is 5.92. The molecule has 0 saturated heterocycles. The summed E-state index contributed by atoms with van der Waals surface area (Å²) in [6.45, 7) is 0. The van der Waals surface area contributed by atoms with Crippen LogP contribution in [0.3, 0.4) is 0 Å². The highest BCUT2D eigenvalue weighted by Gasteiger charge is 2.16. The second-order valence-corrected chi connectivity index (χ2v) is 6.10. The normalized spacial score (nSPS) is 10.8. The van der Waals surface area contributed by atoms with Crippen molar-refractivity contribution in [3.8, 4) is 11.3 Å². The van der Waals surface area contributed by atoms with E-state index in [1.165, 1.54) is 0 Å². The first-order chi connectivity index (χ1) is 11.4. The van der Waals surface area contributed by atoms with Crippen LogP contribution in [-0.2, 0) is 0 Å². The van der Waals surface area contributed by atoms with E-state index in [9.17, 15) is 0 Å². The van der Waals surface area contributed by atoms with Crippen molar-refractivity contribution in [2.45, 2.75) is 10.1 Å². The molecule has 0 spiro atoms. The van der Waals surface area contributed by atoms with E-state index in [1.54, 1.807) is 11.8 Å². The molecule has 2 aromatic carbocycles. The summed E-state index contributed by atoms with van der Waals surface area (Å²) in [5, 5.41) is 5.36. The highest BCUT2D eigenvalue weighted by Crippen LogP contribution is 2.27. The Morgan fingerprint density at radius 3 is 2.22 bits per heavy atom. The van der Waals surface area contributed by atoms with E-state index in [0.29, 0.717) is 0 Å². The Morgan fingerprint density at radius 2 is 1.43 bits per heavy atom. The molecule has 0 atom stereocenters. The van der Waals surface area contributed by atoms with Crippen LogP contribution in [0.25, 0.3) is 16.8 Å². The topological polar surface area (TPSA) is 29.9 Å². The van der Waals surface area contributed by atoms with E-state index in [0.717, 1.165) is 26.8 Å². The standard InChI is InChI=1S/C19H14N3S/c1-3-9-15(10-4-1)18-17-13-7-8-14-22(17)21-19(20-18)23-16-11-5-2-6-12-16/h1-14H/q+1. The lowest BCUT2D eigenvalue weighted by atomic mass is 10.1. The van der Waals surface area contributed by atoms with E-state index >= 15 is 0 Å². The third kappa shape index (κ3) is 2.94. The van der Waals surface area contributed by atoms with Gasteiger partial charge in [-0.1, -0.05) is 48.5 Å². The van der Waals surface area contributed by atoms with Gasteiger partial charge in [0, 0.05) is 27.7 Å². The second kappa shape index (κ2) is 6.18. The molecule has 2 heterocycles. The Morgan fingerprint density at radius 1 is 0.739 bits per heavy atom. The average molecular weight is 316 g/mol. The summed E-state index contributed by atoms with van der Waals surface area (Å²) in [7, 11) is 0. The number of rotatable bonds is 3. The number of hydrogen-bond acceptors (Lipinski definition) is 3. The third-order valence-electron chi connectivity index (χ3n) is 3.48. The maximum absolute atomic E-state index is 4.80. The molecule has 0 aliphatic carbocycles. The fraction of sp³-hybridized carbons (Fsp3) is 0. The number of pyridine rings is 1. The average Bonchev–Trinajstić information content (AvgIpc) is 2.63. The Balaban J connectivity index is 1.87. The molecule has 4 heteroatoms. The number of nitrogens with zero attached hydrogens (tertiary/aromatic N) is 3. The van der Waals surface area contributed by atoms with Gasteiger partial charge >= 0.3 is 0 Å². The van der Waals surface area contributed by atoms with Crippen molar-refractivity contribution in [3.63, 3.8) is 0 Å². The summed E-state index contributed by atoms with van der Waals surface area (Å²) in [5.41, 5.74) is 3.03. The van der Waals surface area contributed by atoms with Crippen molar-refractivity contribution in [2.24, 2.45) is 0 Å². The number of aromatic nitrogens is 3. The molecule has 0 unspecified atom stereocenters. The molecule has 0 fully saturated rings. The van der Waals surface area contributed by atoms with Gasteiger partial charge in [-0.25, -0.2) is 4.98 Å². The molecular weight excluding hydrogens is 302 g/mol. The fourth-order valence-electron chi connectivity index (χ4n) is 2.42. The molecule has 0 bridgehead atoms. The van der Waals surface area contributed by atoms with E-state index in [2.05, 4.69) is 29.4 Å². The van der Waals surface area contributed by atoms with Crippen LogP contribution in [0.5, 0.6) is 0 Å². The quantitative estimate of drug-likeness (QED) is 0.534. The van der Waals surface area contributed by atoms with Gasteiger partial charge in [0.15, 0.2) is 0 Å². The molecule has 0 radical (unpaired) electrons. The SMILES string of the molecule is c1ccc(Sc2nc(-c3ccccc3)c3cccc[n+]3n2)cc1. The fourth-order valence-corrected chi connectivity index (χ4v) is 3.19. The maximum atomic E-state index is 4.80. The van der Waals surface area contributed by atoms with Crippen LogP contribution in [-0.4, -0.2) is 10.1 Å². The molecule has 4 aromatic rings. The molecule has 0 aliphatic heterocycles. The summed E-state index contributed by atoms with van der Waals surface area (Å²) >= 11 is 1.57. The minimum Gasteiger partial charge on any atom is -0.210 e. The van der Waals surface area contributed by atoms with Gasteiger partial charge in [-0.05, 0) is 34.5 Å². The van der Waals surface area contributed by atoms with Crippen molar-refractivity contribution in [3.05, 3.63) is 85.1 Å². The first kappa shape index (κ1) is 13.9. The van der Waals surface area contributed by atoms with Gasteiger partial charge in [0.25, 0.3) is 10.7 Å². The van der Waals surface area contributed by atoms with Crippen LogP contribution in [0.4, 0.5) is 0 Å². The summed E-state index contributed by atoms with van der Waals surface area (Å²) in [6, 6.07) is 26.4. The Hall–Kier alpha value is -2.72. The summed E-state index contributed by atoms with van der Waals surface area (Å²) in [6.07, 6.45) is 1.96. The van der Waals surface area contributed by atoms with Crippen molar-refractivity contribution in [1.82, 2.24) is 10.1 Å². The smallest absolute Gasteiger partial charge is 0.210 e. The third-order valence-corrected chi connectivity index (χ3v) is 4.35. The molecule has 0 saturated carbocycles. The molecule has 23 heavy (non-hydrogen) atoms. The van der Waals surface area contributed by atoms with E-state index < -0.39 is 0 Å². The summed E-state index contributed by atoms with van der Waals surface area (Å²) in [5.74, 6) is 0. The maximum Gasteiger partial charge on any atom is 0.264 e. The van der Waals surface area contributed by atoms with Crippen LogP contribution in [0.1, 0.15) is 0 Å². The van der Waals surface area contributed by atoms with Gasteiger partial charge in [0.05, 0.1) is 0 Å². The lowest BCUT2D eigenvalue weighted by Crippen LogP contribution is -2.28. The zero-order valence-corrected chi connectivity index (χ0v) is 13.1. The van der Waals surface area contributed by atoms with Crippen molar-refractivity contribution in [2.75, 3.05) is 0 Å². The zero-order chi connectivity index (χ0) is 15.5. The highest BCUT2D eigenvalue weighted by atomic mass is 32.2. The molecule has 0 amide bonds. The van der Waals surface area contributed by atoms with Gasteiger partial charge in [-0.3, -0.25) is 0 Å². The van der Waals surface area contributed by atoms with Crippen LogP contribution in [0.2, 0.25) is 0 Å². The van der Waals surface area contributed by atoms with Gasteiger partial charge in [-0.2, -0.15) is 0 Å². The van der Waals surface area contributed by atoms with Crippen molar-refractivity contribution in [1.29, 1.82) is 0 Å². The van der Waals surface area contributed by atoms with E-state index in [4.69, 9.17) is 4.98 Å². The number of hydrogen-bond donors (Lipinski definition) is 0. The first-order valence-corrected chi connectivity index (χ1v) is 8.19. The number of benzene rings is 2. The predicted octanol–water partition coefficient (Wildman–Crippen LogP) is 4.03. The molecule has 2 aromatic heterocycles. The lowest BCUT2D eigenvalue weighted by molar-refractivity contribution is -0.585. The molecule has 0 N–H and O–H groups in total. The minimum atomic E-state index is 0.735. The summed E-state index contributed by atoms with van der Waals surface area (Å²) < 4.78 is 1.89. The monoisotopic (exact) mass is 316 g/mol. The molecule has 4 rings (SSSR count). The van der Waals surface area contributed by atoms with Gasteiger partial charge < -0.3 is 0 Å². The Bertz CT molecular complexity index is 940. The lowest BCUT2D eigenvalue weighted by Gasteiger charge is -2.03. The van der Waals surface area contributed by atoms with Crippen molar-refractivity contribution < 1.29 is 4.52 Å². The zero-order valence-electron chi connectivity index (χ0n) is 12.3. The van der Waals surface area contributed by atoms with Crippen LogP contribution in [0, 0.1) is 0 Å². The van der Waals surface area contributed by atoms with E-state index in [-0.39, 0.29) is 0 Å². The van der Waals surface area contributed by atoms with Gasteiger partial charge in [-0.15, -0.1) is 0 Å². The minimum absolute atomic E-state index is 0.735. The molecule has 3 nitrogen and oxygen atoms in total. The Labute approximate surface area is 138 Å². The molecule has 0 aliphatic rings. The van der Waals surface area contributed by atoms with Gasteiger partial charge in [0.2, 0.25) is 6.20 Å². The highest BCUT2D eigenvalue weighted by molar-refractivity contribution is 7.99. The Kier molecular flexibility index (Phi) is 3.74. The van der Waals surface area contributed by atoms with E-state index in [1.807, 2.05) is 65.3 Å². The van der Waals surface area contributed by atoms with Crippen LogP contribution >= 0.6 is 11.8 Å². The van der Waals surface area contributed by atoms with Crippen LogP contribution in [0.15, 0.2) is 95.1 Å². The molecule has 110 valence electrons. The second-order valence-electron chi connectivity index (χ2n) is 5.05. The predicted molar refractivity (Wildman–Crippen MR) is 91.2 cm³/mol. The molecular formula is C19H14N3S+. The first-order valence-electron chi connectivity index (χ1n) is 7.37. The van der Waals surface area contributed by atoms with Gasteiger partial charge in [0.1, 0.15) is 5.69 Å².